The lowest BCUT2D eigenvalue weighted by Gasteiger charge is -2.53. The Hall–Kier alpha value is -1.59. The Morgan fingerprint density at radius 1 is 1.21 bits per heavy atom. The highest BCUT2D eigenvalue weighted by molar-refractivity contribution is 6.30. The van der Waals surface area contributed by atoms with Gasteiger partial charge in [0.05, 0.1) is 6.54 Å². The first-order valence-corrected chi connectivity index (χ1v) is 10.6. The molecule has 0 aromatic heterocycles. The molecule has 6 heteroatoms. The molecule has 1 aromatic rings. The lowest BCUT2D eigenvalue weighted by Crippen LogP contribution is -2.60. The Balaban J connectivity index is 1.36. The summed E-state index contributed by atoms with van der Waals surface area (Å²) in [5, 5.41) is 6.67. The van der Waals surface area contributed by atoms with E-state index in [4.69, 9.17) is 11.6 Å². The van der Waals surface area contributed by atoms with E-state index in [1.807, 2.05) is 20.8 Å². The van der Waals surface area contributed by atoms with Crippen molar-refractivity contribution in [3.8, 4) is 0 Å². The quantitative estimate of drug-likeness (QED) is 0.788. The Morgan fingerprint density at radius 3 is 2.50 bits per heavy atom. The van der Waals surface area contributed by atoms with Crippen LogP contribution in [-0.4, -0.2) is 48.4 Å². The molecule has 154 valence electrons. The van der Waals surface area contributed by atoms with Gasteiger partial charge in [-0.2, -0.15) is 0 Å². The first kappa shape index (κ1) is 21.1. The maximum atomic E-state index is 12.3. The number of benzene rings is 1. The standard InChI is InChI=1S/C22H32ClN3O2/c1-21(2,3)25-19(27)13-26-14-22(15-26)9-7-16(8-10-22)12-24-20(28)17-5-4-6-18(23)11-17/h4-6,11,16H,7-10,12-15H2,1-3H3,(H,24,28)(H,25,27). The van der Waals surface area contributed by atoms with Crippen molar-refractivity contribution in [2.45, 2.75) is 52.0 Å². The van der Waals surface area contributed by atoms with Gasteiger partial charge >= 0.3 is 0 Å². The summed E-state index contributed by atoms with van der Waals surface area (Å²) in [5.41, 5.74) is 0.825. The van der Waals surface area contributed by atoms with E-state index in [9.17, 15) is 9.59 Å². The fourth-order valence-corrected chi connectivity index (χ4v) is 4.64. The Kier molecular flexibility index (Phi) is 6.35. The van der Waals surface area contributed by atoms with Gasteiger partial charge in [0, 0.05) is 35.8 Å². The van der Waals surface area contributed by atoms with Crippen molar-refractivity contribution in [3.05, 3.63) is 34.9 Å². The molecule has 0 radical (unpaired) electrons. The number of hydrogen-bond donors (Lipinski definition) is 2. The Bertz CT molecular complexity index is 713. The van der Waals surface area contributed by atoms with Crippen molar-refractivity contribution in [2.75, 3.05) is 26.2 Å². The molecule has 3 rings (SSSR count). The predicted molar refractivity (Wildman–Crippen MR) is 113 cm³/mol. The van der Waals surface area contributed by atoms with Crippen LogP contribution in [0.5, 0.6) is 0 Å². The van der Waals surface area contributed by atoms with Gasteiger partial charge in [0.25, 0.3) is 5.91 Å². The van der Waals surface area contributed by atoms with Gasteiger partial charge in [0.2, 0.25) is 5.91 Å². The number of hydrogen-bond acceptors (Lipinski definition) is 3. The van der Waals surface area contributed by atoms with Crippen LogP contribution < -0.4 is 10.6 Å². The molecule has 2 fully saturated rings. The van der Waals surface area contributed by atoms with Crippen LogP contribution in [-0.2, 0) is 4.79 Å². The van der Waals surface area contributed by atoms with Crippen molar-refractivity contribution < 1.29 is 9.59 Å². The normalized spacial score (nSPS) is 19.9. The monoisotopic (exact) mass is 405 g/mol. The fraction of sp³-hybridized carbons (Fsp3) is 0.636. The fourth-order valence-electron chi connectivity index (χ4n) is 4.45. The van der Waals surface area contributed by atoms with Crippen LogP contribution in [0.2, 0.25) is 5.02 Å². The van der Waals surface area contributed by atoms with Crippen LogP contribution in [0.3, 0.4) is 0 Å². The molecule has 1 saturated heterocycles. The highest BCUT2D eigenvalue weighted by Gasteiger charge is 2.45. The number of nitrogens with one attached hydrogen (secondary N) is 2. The van der Waals surface area contributed by atoms with E-state index in [1.165, 1.54) is 12.8 Å². The number of halogens is 1. The maximum absolute atomic E-state index is 12.3. The van der Waals surface area contributed by atoms with Crippen LogP contribution in [0, 0.1) is 11.3 Å². The molecule has 5 nitrogen and oxygen atoms in total. The summed E-state index contributed by atoms with van der Waals surface area (Å²) in [6, 6.07) is 7.06. The van der Waals surface area contributed by atoms with Crippen molar-refractivity contribution >= 4 is 23.4 Å². The molecule has 0 bridgehead atoms. The number of carbonyl (C=O) groups is 2. The SMILES string of the molecule is CC(C)(C)NC(=O)CN1CC2(CCC(CNC(=O)c3cccc(Cl)c3)CC2)C1. The minimum Gasteiger partial charge on any atom is -0.352 e. The van der Waals surface area contributed by atoms with Crippen molar-refractivity contribution in [3.63, 3.8) is 0 Å². The molecular formula is C22H32ClN3O2. The molecule has 2 N–H and O–H groups in total. The Morgan fingerprint density at radius 2 is 1.89 bits per heavy atom. The van der Waals surface area contributed by atoms with E-state index in [-0.39, 0.29) is 17.4 Å². The number of rotatable bonds is 5. The first-order valence-electron chi connectivity index (χ1n) is 10.2. The maximum Gasteiger partial charge on any atom is 0.251 e. The molecule has 1 aliphatic carbocycles. The van der Waals surface area contributed by atoms with Crippen LogP contribution >= 0.6 is 11.6 Å². The average molecular weight is 406 g/mol. The number of nitrogens with zero attached hydrogens (tertiary/aromatic N) is 1. The zero-order chi connectivity index (χ0) is 20.4. The smallest absolute Gasteiger partial charge is 0.251 e. The molecule has 1 aliphatic heterocycles. The average Bonchev–Trinajstić information content (AvgIpc) is 2.58. The summed E-state index contributed by atoms with van der Waals surface area (Å²) in [4.78, 5) is 26.6. The largest absolute Gasteiger partial charge is 0.352 e. The summed E-state index contributed by atoms with van der Waals surface area (Å²) in [6.07, 6.45) is 4.64. The molecule has 1 heterocycles. The summed E-state index contributed by atoms with van der Waals surface area (Å²) in [6.45, 7) is 9.29. The second-order valence-corrected chi connectivity index (χ2v) is 10.0. The molecule has 1 spiro atoms. The van der Waals surface area contributed by atoms with Crippen LogP contribution in [0.15, 0.2) is 24.3 Å². The minimum absolute atomic E-state index is 0.0533. The predicted octanol–water partition coefficient (Wildman–Crippen LogP) is 3.48. The lowest BCUT2D eigenvalue weighted by atomic mass is 9.66. The van der Waals surface area contributed by atoms with Gasteiger partial charge in [0.1, 0.15) is 0 Å². The van der Waals surface area contributed by atoms with Gasteiger partial charge in [-0.1, -0.05) is 17.7 Å². The van der Waals surface area contributed by atoms with E-state index in [2.05, 4.69) is 15.5 Å². The number of amides is 2. The summed E-state index contributed by atoms with van der Waals surface area (Å²) in [7, 11) is 0. The van der Waals surface area contributed by atoms with Crippen molar-refractivity contribution in [1.82, 2.24) is 15.5 Å². The molecule has 0 atom stereocenters. The molecule has 2 aliphatic rings. The molecule has 28 heavy (non-hydrogen) atoms. The van der Waals surface area contributed by atoms with Crippen molar-refractivity contribution in [2.24, 2.45) is 11.3 Å². The van der Waals surface area contributed by atoms with Crippen LogP contribution in [0.1, 0.15) is 56.8 Å². The van der Waals surface area contributed by atoms with E-state index in [1.54, 1.807) is 24.3 Å². The van der Waals surface area contributed by atoms with E-state index in [0.717, 1.165) is 32.5 Å². The van der Waals surface area contributed by atoms with Gasteiger partial charge in [-0.15, -0.1) is 0 Å². The third-order valence-corrected chi connectivity index (χ3v) is 6.04. The van der Waals surface area contributed by atoms with E-state index >= 15 is 0 Å². The zero-order valence-corrected chi connectivity index (χ0v) is 17.9. The summed E-state index contributed by atoms with van der Waals surface area (Å²) in [5.74, 6) is 0.592. The molecule has 1 aromatic carbocycles. The van der Waals surface area contributed by atoms with Gasteiger partial charge in [-0.25, -0.2) is 0 Å². The number of likely N-dealkylation sites (tertiary alicyclic amines) is 1. The third-order valence-electron chi connectivity index (χ3n) is 5.80. The van der Waals surface area contributed by atoms with E-state index < -0.39 is 0 Å². The molecule has 1 saturated carbocycles. The highest BCUT2D eigenvalue weighted by atomic mass is 35.5. The zero-order valence-electron chi connectivity index (χ0n) is 17.2. The first-order chi connectivity index (χ1) is 13.1. The highest BCUT2D eigenvalue weighted by Crippen LogP contribution is 2.45. The molecule has 2 amide bonds. The summed E-state index contributed by atoms with van der Waals surface area (Å²) < 4.78 is 0. The van der Waals surface area contributed by atoms with Gasteiger partial charge in [-0.3, -0.25) is 14.5 Å². The molecular weight excluding hydrogens is 374 g/mol. The van der Waals surface area contributed by atoms with Gasteiger partial charge < -0.3 is 10.6 Å². The van der Waals surface area contributed by atoms with Gasteiger partial charge in [-0.05, 0) is 76.0 Å². The van der Waals surface area contributed by atoms with E-state index in [0.29, 0.717) is 28.5 Å². The lowest BCUT2D eigenvalue weighted by molar-refractivity contribution is -0.128. The minimum atomic E-state index is -0.173. The Labute approximate surface area is 173 Å². The second kappa shape index (κ2) is 8.42. The van der Waals surface area contributed by atoms with Crippen molar-refractivity contribution in [1.29, 1.82) is 0 Å². The third kappa shape index (κ3) is 5.71. The summed E-state index contributed by atoms with van der Waals surface area (Å²) >= 11 is 5.96. The van der Waals surface area contributed by atoms with Crippen LogP contribution in [0.4, 0.5) is 0 Å². The molecule has 0 unspecified atom stereocenters. The van der Waals surface area contributed by atoms with Crippen LogP contribution in [0.25, 0.3) is 0 Å². The topological polar surface area (TPSA) is 61.4 Å². The number of carbonyl (C=O) groups excluding carboxylic acids is 2. The van der Waals surface area contributed by atoms with Gasteiger partial charge in [0.15, 0.2) is 0 Å². The second-order valence-electron chi connectivity index (χ2n) is 9.61.